The van der Waals surface area contributed by atoms with Crippen LogP contribution in [0.25, 0.3) is 16.9 Å². The highest BCUT2D eigenvalue weighted by Crippen LogP contribution is 2.34. The maximum Gasteiger partial charge on any atom is 0.278 e. The first-order chi connectivity index (χ1) is 12.8. The van der Waals surface area contributed by atoms with E-state index < -0.39 is 0 Å². The lowest BCUT2D eigenvalue weighted by molar-refractivity contribution is 0.415. The van der Waals surface area contributed by atoms with Gasteiger partial charge < -0.3 is 4.74 Å². The molecule has 0 atom stereocenters. The van der Waals surface area contributed by atoms with E-state index >= 15 is 0 Å². The average molecular weight is 388 g/mol. The van der Waals surface area contributed by atoms with Crippen LogP contribution in [0.5, 0.6) is 5.75 Å². The SMILES string of the molecule is CCC(CC)c1cc(C)n2nc(-c3cc(Cl)c(C)cc3OC)n(C)c(=O)c12. The number of rotatable bonds is 5. The molecule has 0 amide bonds. The molecule has 0 bridgehead atoms. The van der Waals surface area contributed by atoms with Crippen molar-refractivity contribution in [1.82, 2.24) is 14.2 Å². The summed E-state index contributed by atoms with van der Waals surface area (Å²) in [6, 6.07) is 5.76. The number of ether oxygens (including phenoxy) is 1. The summed E-state index contributed by atoms with van der Waals surface area (Å²) < 4.78 is 8.88. The predicted molar refractivity (Wildman–Crippen MR) is 110 cm³/mol. The summed E-state index contributed by atoms with van der Waals surface area (Å²) in [6.07, 6.45) is 1.98. The van der Waals surface area contributed by atoms with Crippen LogP contribution in [0.3, 0.4) is 0 Å². The molecule has 5 nitrogen and oxygen atoms in total. The lowest BCUT2D eigenvalue weighted by atomic mass is 9.95. The Bertz CT molecular complexity index is 1060. The Morgan fingerprint density at radius 3 is 2.44 bits per heavy atom. The van der Waals surface area contributed by atoms with Crippen molar-refractivity contribution in [2.24, 2.45) is 7.05 Å². The first-order valence-corrected chi connectivity index (χ1v) is 9.65. The summed E-state index contributed by atoms with van der Waals surface area (Å²) >= 11 is 6.34. The molecule has 0 aliphatic rings. The lowest BCUT2D eigenvalue weighted by Gasteiger charge is -2.15. The van der Waals surface area contributed by atoms with E-state index in [1.54, 1.807) is 23.2 Å². The first kappa shape index (κ1) is 19.5. The molecule has 0 saturated heterocycles. The van der Waals surface area contributed by atoms with Crippen LogP contribution >= 0.6 is 11.6 Å². The maximum absolute atomic E-state index is 13.3. The zero-order valence-electron chi connectivity index (χ0n) is 16.8. The molecule has 0 unspecified atom stereocenters. The van der Waals surface area contributed by atoms with Crippen molar-refractivity contribution >= 4 is 17.1 Å². The number of benzene rings is 1. The molecule has 6 heteroatoms. The summed E-state index contributed by atoms with van der Waals surface area (Å²) in [5.41, 5.74) is 4.23. The van der Waals surface area contributed by atoms with Gasteiger partial charge in [-0.05, 0) is 61.9 Å². The van der Waals surface area contributed by atoms with Gasteiger partial charge in [0.15, 0.2) is 5.82 Å². The minimum atomic E-state index is -0.0613. The van der Waals surface area contributed by atoms with E-state index in [1.165, 1.54) is 0 Å². The Morgan fingerprint density at radius 2 is 1.85 bits per heavy atom. The fourth-order valence-corrected chi connectivity index (χ4v) is 3.85. The number of halogens is 1. The molecule has 0 saturated carbocycles. The Hall–Kier alpha value is -2.27. The second-order valence-electron chi connectivity index (χ2n) is 7.00. The topological polar surface area (TPSA) is 48.5 Å². The number of hydrogen-bond donors (Lipinski definition) is 0. The van der Waals surface area contributed by atoms with Crippen molar-refractivity contribution in [3.8, 4) is 17.1 Å². The zero-order chi connectivity index (χ0) is 19.9. The highest BCUT2D eigenvalue weighted by Gasteiger charge is 2.22. The Morgan fingerprint density at radius 1 is 1.19 bits per heavy atom. The summed E-state index contributed by atoms with van der Waals surface area (Å²) in [4.78, 5) is 13.3. The van der Waals surface area contributed by atoms with Gasteiger partial charge in [0, 0.05) is 17.8 Å². The van der Waals surface area contributed by atoms with Crippen LogP contribution in [0, 0.1) is 13.8 Å². The fraction of sp³-hybridized carbons (Fsp3) is 0.429. The van der Waals surface area contributed by atoms with Crippen LogP contribution < -0.4 is 10.3 Å². The predicted octanol–water partition coefficient (Wildman–Crippen LogP) is 4.88. The molecule has 3 aromatic rings. The van der Waals surface area contributed by atoms with Crippen LogP contribution in [-0.4, -0.2) is 21.3 Å². The average Bonchev–Trinajstić information content (AvgIpc) is 2.97. The van der Waals surface area contributed by atoms with E-state index in [-0.39, 0.29) is 5.56 Å². The third-order valence-electron chi connectivity index (χ3n) is 5.35. The van der Waals surface area contributed by atoms with Crippen LogP contribution in [0.1, 0.15) is 49.4 Å². The minimum absolute atomic E-state index is 0.0613. The summed E-state index contributed by atoms with van der Waals surface area (Å²) in [7, 11) is 3.35. The van der Waals surface area contributed by atoms with Crippen LogP contribution in [0.2, 0.25) is 5.02 Å². The molecule has 0 radical (unpaired) electrons. The number of fused-ring (bicyclic) bond motifs is 1. The molecular weight excluding hydrogens is 362 g/mol. The van der Waals surface area contributed by atoms with Gasteiger partial charge >= 0.3 is 0 Å². The molecule has 1 aromatic carbocycles. The molecule has 3 rings (SSSR count). The van der Waals surface area contributed by atoms with Crippen molar-refractivity contribution in [2.75, 3.05) is 7.11 Å². The monoisotopic (exact) mass is 387 g/mol. The number of hydrogen-bond acceptors (Lipinski definition) is 3. The van der Waals surface area contributed by atoms with E-state index in [0.717, 1.165) is 29.7 Å². The Kier molecular flexibility index (Phi) is 5.33. The fourth-order valence-electron chi connectivity index (χ4n) is 3.69. The smallest absolute Gasteiger partial charge is 0.278 e. The van der Waals surface area contributed by atoms with Gasteiger partial charge in [-0.2, -0.15) is 0 Å². The van der Waals surface area contributed by atoms with Gasteiger partial charge in [0.1, 0.15) is 11.3 Å². The van der Waals surface area contributed by atoms with Crippen LogP contribution in [0.15, 0.2) is 23.0 Å². The zero-order valence-corrected chi connectivity index (χ0v) is 17.5. The minimum Gasteiger partial charge on any atom is -0.496 e. The largest absolute Gasteiger partial charge is 0.496 e. The van der Waals surface area contributed by atoms with Crippen molar-refractivity contribution in [1.29, 1.82) is 0 Å². The van der Waals surface area contributed by atoms with E-state index in [2.05, 4.69) is 19.9 Å². The molecule has 27 heavy (non-hydrogen) atoms. The van der Waals surface area contributed by atoms with Crippen molar-refractivity contribution in [2.45, 2.75) is 46.5 Å². The molecule has 144 valence electrons. The molecule has 2 heterocycles. The Labute approximate surface area is 164 Å². The van der Waals surface area contributed by atoms with E-state index in [0.29, 0.717) is 33.6 Å². The van der Waals surface area contributed by atoms with Crippen LogP contribution in [0.4, 0.5) is 0 Å². The highest BCUT2D eigenvalue weighted by atomic mass is 35.5. The number of aromatic nitrogens is 3. The second-order valence-corrected chi connectivity index (χ2v) is 7.41. The molecule has 2 aromatic heterocycles. The lowest BCUT2D eigenvalue weighted by Crippen LogP contribution is -2.24. The van der Waals surface area contributed by atoms with Crippen LogP contribution in [-0.2, 0) is 7.05 Å². The van der Waals surface area contributed by atoms with E-state index in [4.69, 9.17) is 21.4 Å². The van der Waals surface area contributed by atoms with E-state index in [9.17, 15) is 4.79 Å². The normalized spacial score (nSPS) is 11.6. The molecular formula is C21H26ClN3O2. The molecule has 0 spiro atoms. The van der Waals surface area contributed by atoms with Gasteiger partial charge in [-0.1, -0.05) is 25.4 Å². The number of aryl methyl sites for hydroxylation is 2. The standard InChI is InChI=1S/C21H26ClN3O2/c1-7-14(8-2)15-10-13(4)25-19(15)21(26)24(5)20(23-25)16-11-17(22)12(3)9-18(16)27-6/h9-11,14H,7-8H2,1-6H3. The van der Waals surface area contributed by atoms with Crippen molar-refractivity contribution < 1.29 is 4.74 Å². The van der Waals surface area contributed by atoms with E-state index in [1.807, 2.05) is 26.0 Å². The van der Waals surface area contributed by atoms with Gasteiger partial charge in [0.05, 0.1) is 12.7 Å². The third kappa shape index (κ3) is 3.14. The summed E-state index contributed by atoms with van der Waals surface area (Å²) in [5.74, 6) is 1.52. The molecule has 0 aliphatic carbocycles. The molecule has 0 aliphatic heterocycles. The molecule has 0 fully saturated rings. The Balaban J connectivity index is 2.36. The van der Waals surface area contributed by atoms with Gasteiger partial charge in [-0.3, -0.25) is 9.36 Å². The third-order valence-corrected chi connectivity index (χ3v) is 5.76. The van der Waals surface area contributed by atoms with Gasteiger partial charge in [-0.25, -0.2) is 4.52 Å². The molecule has 0 N–H and O–H groups in total. The summed E-state index contributed by atoms with van der Waals surface area (Å²) in [6.45, 7) is 8.20. The number of methoxy groups -OCH3 is 1. The quantitative estimate of drug-likeness (QED) is 0.626. The van der Waals surface area contributed by atoms with Crippen molar-refractivity contribution in [3.63, 3.8) is 0 Å². The van der Waals surface area contributed by atoms with Gasteiger partial charge in [0.2, 0.25) is 0 Å². The van der Waals surface area contributed by atoms with Crippen molar-refractivity contribution in [3.05, 3.63) is 50.4 Å². The first-order valence-electron chi connectivity index (χ1n) is 9.27. The summed E-state index contributed by atoms with van der Waals surface area (Å²) in [5, 5.41) is 5.41. The maximum atomic E-state index is 13.3. The van der Waals surface area contributed by atoms with Gasteiger partial charge in [0.25, 0.3) is 5.56 Å². The second kappa shape index (κ2) is 7.39. The highest BCUT2D eigenvalue weighted by molar-refractivity contribution is 6.31. The number of nitrogens with zero attached hydrogens (tertiary/aromatic N) is 3. The van der Waals surface area contributed by atoms with Gasteiger partial charge in [-0.15, -0.1) is 5.10 Å².